The number of carbonyl (C=O) groups is 1. The van der Waals surface area contributed by atoms with Gasteiger partial charge in [0.1, 0.15) is 6.17 Å². The molecule has 0 radical (unpaired) electrons. The lowest BCUT2D eigenvalue weighted by molar-refractivity contribution is -0.126. The molecule has 1 aliphatic heterocycles. The molecule has 0 aliphatic carbocycles. The highest BCUT2D eigenvalue weighted by molar-refractivity contribution is 5.96. The quantitative estimate of drug-likeness (QED) is 0.397. The predicted octanol–water partition coefficient (Wildman–Crippen LogP) is 2.60. The minimum Gasteiger partial charge on any atom is -0.326 e. The summed E-state index contributed by atoms with van der Waals surface area (Å²) in [5.74, 6) is -0.00153. The van der Waals surface area contributed by atoms with Crippen LogP contribution < -0.4 is 0 Å². The zero-order valence-electron chi connectivity index (χ0n) is 9.40. The molecule has 0 aromatic heterocycles. The van der Waals surface area contributed by atoms with E-state index in [1.165, 1.54) is 0 Å². The number of hydrogen-bond donors (Lipinski definition) is 0. The third-order valence-electron chi connectivity index (χ3n) is 2.77. The van der Waals surface area contributed by atoms with Crippen LogP contribution in [0.15, 0.2) is 16.3 Å². The van der Waals surface area contributed by atoms with Gasteiger partial charge in [0, 0.05) is 17.0 Å². The van der Waals surface area contributed by atoms with E-state index in [2.05, 4.69) is 16.9 Å². The molecule has 1 aliphatic rings. The SMILES string of the molecule is CCCCN1C(=O)C(C)=C(C)[C@H]1N=[N+]=[N-]. The normalized spacial score (nSPS) is 20.9. The lowest BCUT2D eigenvalue weighted by atomic mass is 10.2. The number of hydrogen-bond acceptors (Lipinski definition) is 2. The number of nitrogens with zero attached hydrogens (tertiary/aromatic N) is 4. The fourth-order valence-electron chi connectivity index (χ4n) is 1.67. The monoisotopic (exact) mass is 208 g/mol. The number of amides is 1. The van der Waals surface area contributed by atoms with Gasteiger partial charge < -0.3 is 4.90 Å². The Hall–Kier alpha value is -1.48. The van der Waals surface area contributed by atoms with Crippen LogP contribution in [0.3, 0.4) is 0 Å². The zero-order chi connectivity index (χ0) is 11.4. The van der Waals surface area contributed by atoms with Crippen LogP contribution in [0.2, 0.25) is 0 Å². The summed E-state index contributed by atoms with van der Waals surface area (Å²) >= 11 is 0. The van der Waals surface area contributed by atoms with E-state index in [0.717, 1.165) is 18.4 Å². The Balaban J connectivity index is 2.88. The largest absolute Gasteiger partial charge is 0.326 e. The summed E-state index contributed by atoms with van der Waals surface area (Å²) in [6.45, 7) is 6.35. The first-order valence-corrected chi connectivity index (χ1v) is 5.16. The Morgan fingerprint density at radius 1 is 1.53 bits per heavy atom. The maximum Gasteiger partial charge on any atom is 0.250 e. The first-order chi connectivity index (χ1) is 7.13. The van der Waals surface area contributed by atoms with Gasteiger partial charge >= 0.3 is 0 Å². The van der Waals surface area contributed by atoms with Crippen LogP contribution in [0.5, 0.6) is 0 Å². The summed E-state index contributed by atoms with van der Waals surface area (Å²) in [6, 6.07) is 0. The molecule has 0 bridgehead atoms. The zero-order valence-corrected chi connectivity index (χ0v) is 9.40. The lowest BCUT2D eigenvalue weighted by Crippen LogP contribution is -2.34. The van der Waals surface area contributed by atoms with Crippen LogP contribution in [-0.4, -0.2) is 23.5 Å². The fourth-order valence-corrected chi connectivity index (χ4v) is 1.67. The van der Waals surface area contributed by atoms with E-state index in [1.807, 2.05) is 6.92 Å². The molecule has 82 valence electrons. The van der Waals surface area contributed by atoms with Crippen molar-refractivity contribution in [2.24, 2.45) is 5.11 Å². The second-order valence-corrected chi connectivity index (χ2v) is 3.74. The van der Waals surface area contributed by atoms with Gasteiger partial charge in [0.25, 0.3) is 0 Å². The molecule has 1 amide bonds. The fraction of sp³-hybridized carbons (Fsp3) is 0.700. The van der Waals surface area contributed by atoms with Gasteiger partial charge in [-0.1, -0.05) is 18.5 Å². The van der Waals surface area contributed by atoms with E-state index in [0.29, 0.717) is 12.1 Å². The van der Waals surface area contributed by atoms with E-state index in [4.69, 9.17) is 5.53 Å². The average Bonchev–Trinajstić information content (AvgIpc) is 2.42. The number of unbranched alkanes of at least 4 members (excludes halogenated alkanes) is 1. The highest BCUT2D eigenvalue weighted by Crippen LogP contribution is 2.26. The van der Waals surface area contributed by atoms with Gasteiger partial charge in [-0.2, -0.15) is 0 Å². The van der Waals surface area contributed by atoms with Crippen LogP contribution in [-0.2, 0) is 4.79 Å². The molecular formula is C10H16N4O. The van der Waals surface area contributed by atoms with Crippen LogP contribution >= 0.6 is 0 Å². The van der Waals surface area contributed by atoms with Crippen molar-refractivity contribution < 1.29 is 4.79 Å². The van der Waals surface area contributed by atoms with Gasteiger partial charge in [-0.25, -0.2) is 0 Å². The molecule has 0 fully saturated rings. The molecule has 1 heterocycles. The Morgan fingerprint density at radius 3 is 2.73 bits per heavy atom. The van der Waals surface area contributed by atoms with Gasteiger partial charge in [0.2, 0.25) is 5.91 Å². The smallest absolute Gasteiger partial charge is 0.250 e. The van der Waals surface area contributed by atoms with Crippen LogP contribution in [0.25, 0.3) is 10.4 Å². The Kier molecular flexibility index (Phi) is 3.74. The van der Waals surface area contributed by atoms with Crippen molar-refractivity contribution in [1.82, 2.24) is 4.90 Å². The Morgan fingerprint density at radius 2 is 2.20 bits per heavy atom. The summed E-state index contributed by atoms with van der Waals surface area (Å²) in [7, 11) is 0. The predicted molar refractivity (Wildman–Crippen MR) is 57.9 cm³/mol. The number of carbonyl (C=O) groups excluding carboxylic acids is 1. The maximum atomic E-state index is 11.8. The topological polar surface area (TPSA) is 69.1 Å². The molecule has 1 atom stereocenters. The first-order valence-electron chi connectivity index (χ1n) is 5.16. The summed E-state index contributed by atoms with van der Waals surface area (Å²) < 4.78 is 0. The molecule has 0 spiro atoms. The summed E-state index contributed by atoms with van der Waals surface area (Å²) in [6.07, 6.45) is 1.54. The number of rotatable bonds is 4. The molecule has 0 aromatic rings. The van der Waals surface area contributed by atoms with Crippen LogP contribution in [0.4, 0.5) is 0 Å². The van der Waals surface area contributed by atoms with Gasteiger partial charge in [-0.15, -0.1) is 0 Å². The third kappa shape index (κ3) is 2.13. The van der Waals surface area contributed by atoms with Crippen LogP contribution in [0, 0.1) is 0 Å². The Labute approximate surface area is 89.4 Å². The van der Waals surface area contributed by atoms with Crippen molar-refractivity contribution >= 4 is 5.91 Å². The van der Waals surface area contributed by atoms with Crippen LogP contribution in [0.1, 0.15) is 33.6 Å². The van der Waals surface area contributed by atoms with Gasteiger partial charge in [0.05, 0.1) is 0 Å². The highest BCUT2D eigenvalue weighted by atomic mass is 16.2. The molecule has 0 aromatic carbocycles. The summed E-state index contributed by atoms with van der Waals surface area (Å²) in [5, 5.41) is 3.67. The molecular weight excluding hydrogens is 192 g/mol. The van der Waals surface area contributed by atoms with E-state index in [9.17, 15) is 4.79 Å². The van der Waals surface area contributed by atoms with Gasteiger partial charge in [-0.05, 0) is 31.4 Å². The van der Waals surface area contributed by atoms with E-state index in [-0.39, 0.29) is 5.91 Å². The molecule has 15 heavy (non-hydrogen) atoms. The van der Waals surface area contributed by atoms with Crippen molar-refractivity contribution in [2.45, 2.75) is 39.8 Å². The molecule has 1 rings (SSSR count). The third-order valence-corrected chi connectivity index (χ3v) is 2.77. The molecule has 5 heteroatoms. The summed E-state index contributed by atoms with van der Waals surface area (Å²) in [4.78, 5) is 16.2. The van der Waals surface area contributed by atoms with Gasteiger partial charge in [0.15, 0.2) is 0 Å². The van der Waals surface area contributed by atoms with Crippen molar-refractivity contribution in [3.63, 3.8) is 0 Å². The second kappa shape index (κ2) is 4.84. The minimum atomic E-state index is -0.408. The second-order valence-electron chi connectivity index (χ2n) is 3.74. The van der Waals surface area contributed by atoms with Gasteiger partial charge in [-0.3, -0.25) is 4.79 Å². The van der Waals surface area contributed by atoms with E-state index < -0.39 is 6.17 Å². The molecule has 0 unspecified atom stereocenters. The lowest BCUT2D eigenvalue weighted by Gasteiger charge is -2.22. The highest BCUT2D eigenvalue weighted by Gasteiger charge is 2.33. The van der Waals surface area contributed by atoms with E-state index >= 15 is 0 Å². The molecule has 0 N–H and O–H groups in total. The van der Waals surface area contributed by atoms with E-state index in [1.54, 1.807) is 11.8 Å². The maximum absolute atomic E-state index is 11.8. The average molecular weight is 208 g/mol. The van der Waals surface area contributed by atoms with Crippen molar-refractivity contribution in [3.05, 3.63) is 21.6 Å². The first kappa shape index (κ1) is 11.6. The van der Waals surface area contributed by atoms with Crippen molar-refractivity contribution in [1.29, 1.82) is 0 Å². The molecule has 5 nitrogen and oxygen atoms in total. The standard InChI is InChI=1S/C10H16N4O/c1-4-5-6-14-9(12-13-11)7(2)8(3)10(14)15/h9H,4-6H2,1-3H3/t9-/m0/s1. The molecule has 0 saturated carbocycles. The van der Waals surface area contributed by atoms with Crippen molar-refractivity contribution in [2.75, 3.05) is 6.54 Å². The molecule has 0 saturated heterocycles. The van der Waals surface area contributed by atoms with Crippen molar-refractivity contribution in [3.8, 4) is 0 Å². The summed E-state index contributed by atoms with van der Waals surface area (Å²) in [5.41, 5.74) is 10.0. The number of azide groups is 1. The Bertz CT molecular complexity index is 341. The minimum absolute atomic E-state index is 0.00153.